The molecule has 3 N–H and O–H groups in total. The molecule has 0 unspecified atom stereocenters. The monoisotopic (exact) mass is 409 g/mol. The normalized spacial score (nSPS) is 15.4. The van der Waals surface area contributed by atoms with Gasteiger partial charge < -0.3 is 25.0 Å². The molecule has 1 fully saturated rings. The van der Waals surface area contributed by atoms with Gasteiger partial charge in [0.2, 0.25) is 0 Å². The largest absolute Gasteiger partial charge is 0.507 e. The van der Waals surface area contributed by atoms with Crippen LogP contribution in [0.1, 0.15) is 33.6 Å². The fourth-order valence-electron chi connectivity index (χ4n) is 3.65. The molecule has 1 aliphatic rings. The lowest BCUT2D eigenvalue weighted by molar-refractivity contribution is 0.0497. The fraction of sp³-hybridized carbons (Fsp3) is 0.409. The number of anilines is 1. The summed E-state index contributed by atoms with van der Waals surface area (Å²) in [7, 11) is 0. The summed E-state index contributed by atoms with van der Waals surface area (Å²) in [6, 6.07) is 11.2. The third-order valence-electron chi connectivity index (χ3n) is 5.10. The van der Waals surface area contributed by atoms with E-state index < -0.39 is 5.60 Å². The molecular formula is C22H27N5O3. The van der Waals surface area contributed by atoms with Crippen molar-refractivity contribution in [2.24, 2.45) is 0 Å². The predicted molar refractivity (Wildman–Crippen MR) is 116 cm³/mol. The second-order valence-corrected chi connectivity index (χ2v) is 8.61. The van der Waals surface area contributed by atoms with E-state index in [-0.39, 0.29) is 17.9 Å². The van der Waals surface area contributed by atoms with Crippen molar-refractivity contribution in [3.63, 3.8) is 0 Å². The number of hydrogen-bond acceptors (Lipinski definition) is 6. The first-order valence-corrected chi connectivity index (χ1v) is 10.2. The van der Waals surface area contributed by atoms with Crippen LogP contribution in [-0.2, 0) is 4.74 Å². The van der Waals surface area contributed by atoms with E-state index in [1.165, 1.54) is 0 Å². The number of H-pyrrole nitrogens is 1. The summed E-state index contributed by atoms with van der Waals surface area (Å²) in [5, 5.41) is 22.5. The highest BCUT2D eigenvalue weighted by atomic mass is 16.6. The molecule has 0 aliphatic carbocycles. The molecule has 158 valence electrons. The van der Waals surface area contributed by atoms with Crippen LogP contribution in [0.15, 0.2) is 36.4 Å². The highest BCUT2D eigenvalue weighted by Crippen LogP contribution is 2.30. The standard InChI is InChI=1S/C22H27N5O3/c1-22(2,3)30-21(29)23-15-8-10-27(11-9-15)19-13-14-12-17(25-26-20(14)24-19)16-6-4-5-7-18(16)28/h4-7,12-13,15,28H,8-11H2,1-3H3,(H,23,29)(H,24,26). The van der Waals surface area contributed by atoms with Crippen LogP contribution in [0.3, 0.4) is 0 Å². The maximum Gasteiger partial charge on any atom is 0.407 e. The van der Waals surface area contributed by atoms with E-state index in [2.05, 4.69) is 31.5 Å². The summed E-state index contributed by atoms with van der Waals surface area (Å²) < 4.78 is 5.35. The molecule has 0 saturated carbocycles. The lowest BCUT2D eigenvalue weighted by Gasteiger charge is -2.33. The van der Waals surface area contributed by atoms with E-state index in [0.717, 1.165) is 37.1 Å². The number of aromatic hydroxyl groups is 1. The number of amides is 1. The van der Waals surface area contributed by atoms with Gasteiger partial charge in [0.1, 0.15) is 17.2 Å². The maximum absolute atomic E-state index is 12.0. The number of phenolic OH excluding ortho intramolecular Hbond substituents is 1. The van der Waals surface area contributed by atoms with Crippen LogP contribution in [0.5, 0.6) is 5.75 Å². The summed E-state index contributed by atoms with van der Waals surface area (Å²) >= 11 is 0. The van der Waals surface area contributed by atoms with Gasteiger partial charge in [0.05, 0.1) is 5.69 Å². The number of alkyl carbamates (subject to hydrolysis) is 1. The lowest BCUT2D eigenvalue weighted by Crippen LogP contribution is -2.46. The first kappa shape index (κ1) is 20.0. The SMILES string of the molecule is CC(C)(C)OC(=O)NC1CCN(c2cc3cc(-c4ccccc4O)nnc3[nH]2)CC1. The number of aromatic nitrogens is 3. The second kappa shape index (κ2) is 7.85. The zero-order chi connectivity index (χ0) is 21.3. The van der Waals surface area contributed by atoms with Crippen molar-refractivity contribution in [1.82, 2.24) is 20.5 Å². The smallest absolute Gasteiger partial charge is 0.407 e. The molecule has 0 spiro atoms. The Balaban J connectivity index is 1.42. The number of carbonyl (C=O) groups is 1. The van der Waals surface area contributed by atoms with Crippen molar-refractivity contribution in [3.05, 3.63) is 36.4 Å². The molecule has 2 aromatic heterocycles. The third-order valence-corrected chi connectivity index (χ3v) is 5.10. The Labute approximate surface area is 175 Å². The molecule has 0 atom stereocenters. The number of piperidine rings is 1. The van der Waals surface area contributed by atoms with Gasteiger partial charge in [-0.3, -0.25) is 0 Å². The molecule has 3 aromatic rings. The number of rotatable bonds is 3. The Hall–Kier alpha value is -3.29. The van der Waals surface area contributed by atoms with Gasteiger partial charge >= 0.3 is 6.09 Å². The van der Waals surface area contributed by atoms with E-state index in [9.17, 15) is 9.90 Å². The first-order valence-electron chi connectivity index (χ1n) is 10.2. The van der Waals surface area contributed by atoms with Gasteiger partial charge in [-0.1, -0.05) is 12.1 Å². The van der Waals surface area contributed by atoms with Crippen molar-refractivity contribution >= 4 is 22.9 Å². The zero-order valence-electron chi connectivity index (χ0n) is 17.5. The molecule has 0 radical (unpaired) electrons. The number of fused-ring (bicyclic) bond motifs is 1. The van der Waals surface area contributed by atoms with E-state index >= 15 is 0 Å². The average Bonchev–Trinajstić information content (AvgIpc) is 3.10. The summed E-state index contributed by atoms with van der Waals surface area (Å²) in [4.78, 5) is 17.6. The number of hydrogen-bond donors (Lipinski definition) is 3. The minimum atomic E-state index is -0.494. The van der Waals surface area contributed by atoms with E-state index in [0.29, 0.717) is 16.9 Å². The van der Waals surface area contributed by atoms with Gasteiger partial charge in [0.15, 0.2) is 5.65 Å². The number of para-hydroxylation sites is 1. The Morgan fingerprint density at radius 2 is 1.93 bits per heavy atom. The number of nitrogens with one attached hydrogen (secondary N) is 2. The van der Waals surface area contributed by atoms with Gasteiger partial charge in [0.25, 0.3) is 0 Å². The highest BCUT2D eigenvalue weighted by Gasteiger charge is 2.24. The number of benzene rings is 1. The second-order valence-electron chi connectivity index (χ2n) is 8.61. The Morgan fingerprint density at radius 1 is 1.20 bits per heavy atom. The van der Waals surface area contributed by atoms with E-state index in [1.54, 1.807) is 12.1 Å². The molecule has 30 heavy (non-hydrogen) atoms. The minimum absolute atomic E-state index is 0.105. The van der Waals surface area contributed by atoms with Gasteiger partial charge in [-0.15, -0.1) is 10.2 Å². The summed E-state index contributed by atoms with van der Waals surface area (Å²) in [5.41, 5.74) is 1.50. The minimum Gasteiger partial charge on any atom is -0.507 e. The molecule has 8 nitrogen and oxygen atoms in total. The first-order chi connectivity index (χ1) is 14.3. The lowest BCUT2D eigenvalue weighted by atomic mass is 10.1. The zero-order valence-corrected chi connectivity index (χ0v) is 17.5. The molecule has 0 bridgehead atoms. The van der Waals surface area contributed by atoms with Crippen LogP contribution < -0.4 is 10.2 Å². The molecular weight excluding hydrogens is 382 g/mol. The Bertz CT molecular complexity index is 1050. The van der Waals surface area contributed by atoms with E-state index in [1.807, 2.05) is 39.0 Å². The average molecular weight is 409 g/mol. The molecule has 1 aliphatic heterocycles. The van der Waals surface area contributed by atoms with Crippen LogP contribution in [0.25, 0.3) is 22.3 Å². The van der Waals surface area contributed by atoms with Gasteiger partial charge in [-0.25, -0.2) is 4.79 Å². The maximum atomic E-state index is 12.0. The summed E-state index contributed by atoms with van der Waals surface area (Å²) in [5.74, 6) is 1.16. The van der Waals surface area contributed by atoms with Crippen molar-refractivity contribution in [2.75, 3.05) is 18.0 Å². The molecule has 4 rings (SSSR count). The molecule has 1 saturated heterocycles. The third kappa shape index (κ3) is 4.48. The van der Waals surface area contributed by atoms with Crippen molar-refractivity contribution in [2.45, 2.75) is 45.3 Å². The van der Waals surface area contributed by atoms with Crippen molar-refractivity contribution in [1.29, 1.82) is 0 Å². The topological polar surface area (TPSA) is 103 Å². The van der Waals surface area contributed by atoms with Crippen molar-refractivity contribution < 1.29 is 14.6 Å². The number of ether oxygens (including phenoxy) is 1. The van der Waals surface area contributed by atoms with Gasteiger partial charge in [0, 0.05) is 30.1 Å². The quantitative estimate of drug-likeness (QED) is 0.608. The number of nitrogens with zero attached hydrogens (tertiary/aromatic N) is 3. The Morgan fingerprint density at radius 3 is 2.63 bits per heavy atom. The number of phenols is 1. The van der Waals surface area contributed by atoms with Crippen LogP contribution >= 0.6 is 0 Å². The molecule has 1 amide bonds. The van der Waals surface area contributed by atoms with Crippen molar-refractivity contribution in [3.8, 4) is 17.0 Å². The van der Waals surface area contributed by atoms with Crippen LogP contribution in [0.2, 0.25) is 0 Å². The van der Waals surface area contributed by atoms with E-state index in [4.69, 9.17) is 4.74 Å². The van der Waals surface area contributed by atoms with Gasteiger partial charge in [-0.2, -0.15) is 0 Å². The number of carbonyl (C=O) groups excluding carboxylic acids is 1. The number of aromatic amines is 1. The molecule has 3 heterocycles. The van der Waals surface area contributed by atoms with Crippen LogP contribution in [-0.4, -0.2) is 51.1 Å². The van der Waals surface area contributed by atoms with Gasteiger partial charge in [-0.05, 0) is 57.9 Å². The predicted octanol–water partition coefficient (Wildman–Crippen LogP) is 3.82. The highest BCUT2D eigenvalue weighted by molar-refractivity contribution is 5.84. The summed E-state index contributed by atoms with van der Waals surface area (Å²) in [6.45, 7) is 7.20. The molecule has 1 aromatic carbocycles. The molecule has 8 heteroatoms. The Kier molecular flexibility index (Phi) is 5.24. The fourth-order valence-corrected chi connectivity index (χ4v) is 3.65. The summed E-state index contributed by atoms with van der Waals surface area (Å²) in [6.07, 6.45) is 1.31. The van der Waals surface area contributed by atoms with Crippen LogP contribution in [0, 0.1) is 0 Å². The van der Waals surface area contributed by atoms with Crippen LogP contribution in [0.4, 0.5) is 10.6 Å².